The maximum atomic E-state index is 13.2. The van der Waals surface area contributed by atoms with Gasteiger partial charge in [-0.1, -0.05) is 56.2 Å². The van der Waals surface area contributed by atoms with E-state index in [0.29, 0.717) is 31.1 Å². The van der Waals surface area contributed by atoms with Crippen LogP contribution < -0.4 is 15.4 Å². The van der Waals surface area contributed by atoms with Gasteiger partial charge in [0, 0.05) is 12.4 Å². The van der Waals surface area contributed by atoms with E-state index in [1.54, 1.807) is 31.4 Å². The smallest absolute Gasteiger partial charge is 0.461 e. The van der Waals surface area contributed by atoms with Crippen LogP contribution in [0.15, 0.2) is 48.6 Å². The average Bonchev–Trinajstić information content (AvgIpc) is 3.60. The molecule has 0 aromatic heterocycles. The van der Waals surface area contributed by atoms with Crippen molar-refractivity contribution in [2.24, 2.45) is 11.8 Å². The Kier molecular flexibility index (Phi) is 7.57. The predicted octanol–water partition coefficient (Wildman–Crippen LogP) is 1.96. The van der Waals surface area contributed by atoms with Crippen molar-refractivity contribution in [3.05, 3.63) is 54.1 Å². The van der Waals surface area contributed by atoms with Crippen LogP contribution in [0.3, 0.4) is 0 Å². The van der Waals surface area contributed by atoms with Gasteiger partial charge in [-0.05, 0) is 36.5 Å². The molecule has 1 aromatic carbocycles. The van der Waals surface area contributed by atoms with Crippen molar-refractivity contribution in [2.45, 2.75) is 50.5 Å². The number of ether oxygens (including phenoxy) is 1. The molecule has 0 spiro atoms. The first-order valence-corrected chi connectivity index (χ1v) is 10.8. The Bertz CT molecular complexity index is 852. The second-order valence-electron chi connectivity index (χ2n) is 8.37. The maximum Gasteiger partial charge on any atom is 0.461 e. The minimum atomic E-state index is -1.62. The van der Waals surface area contributed by atoms with Crippen molar-refractivity contribution in [3.8, 4) is 5.75 Å². The molecule has 4 N–H and O–H groups in total. The Morgan fingerprint density at radius 1 is 1.26 bits per heavy atom. The van der Waals surface area contributed by atoms with E-state index in [9.17, 15) is 19.6 Å². The minimum Gasteiger partial charge on any atom is -0.497 e. The van der Waals surface area contributed by atoms with Gasteiger partial charge in [-0.25, -0.2) is 0 Å². The highest BCUT2D eigenvalue weighted by Gasteiger charge is 2.44. The zero-order valence-electron chi connectivity index (χ0n) is 18.1. The SMILES string of the molecule is CC[C@]1(NC(=O)C(CC2CC2)C(=O)NCc2cccc(OC)c2)C=CC=CC1B(O)O. The van der Waals surface area contributed by atoms with Gasteiger partial charge in [0.2, 0.25) is 11.8 Å². The van der Waals surface area contributed by atoms with Crippen molar-refractivity contribution in [1.29, 1.82) is 0 Å². The highest BCUT2D eigenvalue weighted by molar-refractivity contribution is 6.44. The number of hydrogen-bond donors (Lipinski definition) is 4. The summed E-state index contributed by atoms with van der Waals surface area (Å²) in [5.41, 5.74) is -0.0679. The average molecular weight is 426 g/mol. The van der Waals surface area contributed by atoms with E-state index in [1.165, 1.54) is 0 Å². The highest BCUT2D eigenvalue weighted by atomic mass is 16.5. The molecule has 0 bridgehead atoms. The molecule has 0 radical (unpaired) electrons. The van der Waals surface area contributed by atoms with Crippen LogP contribution >= 0.6 is 0 Å². The summed E-state index contributed by atoms with van der Waals surface area (Å²) in [6, 6.07) is 7.41. The third-order valence-corrected chi connectivity index (χ3v) is 6.18. The number of amides is 2. The molecule has 2 amide bonds. The number of hydrogen-bond acceptors (Lipinski definition) is 5. The monoisotopic (exact) mass is 426 g/mol. The predicted molar refractivity (Wildman–Crippen MR) is 119 cm³/mol. The lowest BCUT2D eigenvalue weighted by Crippen LogP contribution is -2.56. The molecular formula is C23H31BN2O5. The molecule has 1 saturated carbocycles. The van der Waals surface area contributed by atoms with Crippen molar-refractivity contribution in [3.63, 3.8) is 0 Å². The molecule has 2 aliphatic rings. The number of allylic oxidation sites excluding steroid dienone is 2. The largest absolute Gasteiger partial charge is 0.497 e. The van der Waals surface area contributed by atoms with Crippen LogP contribution in [-0.4, -0.2) is 41.6 Å². The lowest BCUT2D eigenvalue weighted by atomic mass is 9.59. The summed E-state index contributed by atoms with van der Waals surface area (Å²) in [4.78, 5) is 26.2. The van der Waals surface area contributed by atoms with E-state index in [1.807, 2.05) is 31.2 Å². The first-order valence-electron chi connectivity index (χ1n) is 10.8. The molecule has 3 rings (SSSR count). The molecule has 1 aromatic rings. The Morgan fingerprint density at radius 3 is 2.68 bits per heavy atom. The number of nitrogens with one attached hydrogen (secondary N) is 2. The van der Waals surface area contributed by atoms with E-state index in [2.05, 4.69) is 10.6 Å². The summed E-state index contributed by atoms with van der Waals surface area (Å²) in [7, 11) is -0.0341. The second kappa shape index (κ2) is 10.2. The normalized spacial score (nSPS) is 23.2. The summed E-state index contributed by atoms with van der Waals surface area (Å²) in [6.45, 7) is 2.17. The molecule has 1 fully saturated rings. The number of methoxy groups -OCH3 is 1. The van der Waals surface area contributed by atoms with E-state index in [-0.39, 0.29) is 11.8 Å². The van der Waals surface area contributed by atoms with Crippen molar-refractivity contribution >= 4 is 18.9 Å². The standard InChI is InChI=1S/C23H31BN2O5/c1-3-23(12-5-4-9-20(23)24(29)30)26-22(28)19(14-16-10-11-16)21(27)25-15-17-7-6-8-18(13-17)31-2/h4-9,12-13,16,19-20,29-30H,3,10-11,14-15H2,1-2H3,(H,25,27)(H,26,28)/t19?,20?,23-/m0/s1. The van der Waals surface area contributed by atoms with E-state index in [4.69, 9.17) is 4.74 Å². The lowest BCUT2D eigenvalue weighted by Gasteiger charge is -2.39. The van der Waals surface area contributed by atoms with Crippen molar-refractivity contribution in [1.82, 2.24) is 10.6 Å². The number of carbonyl (C=O) groups excluding carboxylic acids is 2. The summed E-state index contributed by atoms with van der Waals surface area (Å²) < 4.78 is 5.22. The fourth-order valence-electron chi connectivity index (χ4n) is 4.06. The van der Waals surface area contributed by atoms with Crippen molar-refractivity contribution < 1.29 is 24.4 Å². The Morgan fingerprint density at radius 2 is 2.03 bits per heavy atom. The van der Waals surface area contributed by atoms with E-state index >= 15 is 0 Å². The van der Waals surface area contributed by atoms with Gasteiger partial charge in [-0.15, -0.1) is 0 Å². The second-order valence-corrected chi connectivity index (χ2v) is 8.37. The van der Waals surface area contributed by atoms with Crippen LogP contribution in [0, 0.1) is 11.8 Å². The summed E-state index contributed by atoms with van der Waals surface area (Å²) in [5.74, 6) is -1.16. The highest BCUT2D eigenvalue weighted by Crippen LogP contribution is 2.37. The van der Waals surface area contributed by atoms with Crippen molar-refractivity contribution in [2.75, 3.05) is 7.11 Å². The van der Waals surface area contributed by atoms with E-state index in [0.717, 1.165) is 18.4 Å². The number of benzene rings is 1. The summed E-state index contributed by atoms with van der Waals surface area (Å²) >= 11 is 0. The topological polar surface area (TPSA) is 108 Å². The minimum absolute atomic E-state index is 0.296. The molecule has 7 nitrogen and oxygen atoms in total. The van der Waals surface area contributed by atoms with Crippen LogP contribution in [0.4, 0.5) is 0 Å². The van der Waals surface area contributed by atoms with Gasteiger partial charge in [0.15, 0.2) is 0 Å². The zero-order chi connectivity index (χ0) is 22.4. The molecule has 3 atom stereocenters. The van der Waals surface area contributed by atoms with Crippen LogP contribution in [0.2, 0.25) is 5.82 Å². The third-order valence-electron chi connectivity index (χ3n) is 6.18. The molecule has 2 aliphatic carbocycles. The van der Waals surface area contributed by atoms with Crippen LogP contribution in [0.1, 0.15) is 38.2 Å². The maximum absolute atomic E-state index is 13.2. The van der Waals surface area contributed by atoms with E-state index < -0.39 is 24.4 Å². The summed E-state index contributed by atoms with van der Waals surface area (Å²) in [6.07, 6.45) is 9.95. The van der Waals surface area contributed by atoms with Gasteiger partial charge in [0.25, 0.3) is 0 Å². The van der Waals surface area contributed by atoms with Gasteiger partial charge >= 0.3 is 7.12 Å². The quantitative estimate of drug-likeness (QED) is 0.338. The van der Waals surface area contributed by atoms with Crippen LogP contribution in [-0.2, 0) is 16.1 Å². The Balaban J connectivity index is 1.71. The van der Waals surface area contributed by atoms with Gasteiger partial charge in [-0.2, -0.15) is 0 Å². The molecule has 31 heavy (non-hydrogen) atoms. The number of rotatable bonds is 10. The fourth-order valence-corrected chi connectivity index (χ4v) is 4.06. The fraction of sp³-hybridized carbons (Fsp3) is 0.478. The molecule has 0 heterocycles. The summed E-state index contributed by atoms with van der Waals surface area (Å²) in [5, 5.41) is 25.5. The Hall–Kier alpha value is -2.58. The molecule has 8 heteroatoms. The lowest BCUT2D eigenvalue weighted by molar-refractivity contribution is -0.136. The molecular weight excluding hydrogens is 395 g/mol. The molecule has 0 aliphatic heterocycles. The van der Waals surface area contributed by atoms with Gasteiger partial charge in [-0.3, -0.25) is 9.59 Å². The van der Waals surface area contributed by atoms with Gasteiger partial charge < -0.3 is 25.4 Å². The molecule has 0 saturated heterocycles. The van der Waals surface area contributed by atoms with Crippen LogP contribution in [0.5, 0.6) is 5.75 Å². The zero-order valence-corrected chi connectivity index (χ0v) is 18.1. The van der Waals surface area contributed by atoms with Gasteiger partial charge in [0.1, 0.15) is 11.7 Å². The Labute approximate surface area is 183 Å². The van der Waals surface area contributed by atoms with Gasteiger partial charge in [0.05, 0.1) is 12.6 Å². The molecule has 2 unspecified atom stereocenters. The first kappa shape index (κ1) is 23.1. The third kappa shape index (κ3) is 5.77. The molecule has 166 valence electrons. The number of carbonyl (C=O) groups is 2. The van der Waals surface area contributed by atoms with Crippen LogP contribution in [0.25, 0.3) is 0 Å². The first-order chi connectivity index (χ1) is 14.9.